The summed E-state index contributed by atoms with van der Waals surface area (Å²) in [6.07, 6.45) is 2.86. The van der Waals surface area contributed by atoms with Crippen LogP contribution in [-0.2, 0) is 22.6 Å². The molecule has 1 saturated carbocycles. The summed E-state index contributed by atoms with van der Waals surface area (Å²) >= 11 is 0. The minimum Gasteiger partial charge on any atom is -0.462 e. The lowest BCUT2D eigenvalue weighted by Crippen LogP contribution is -2.62. The van der Waals surface area contributed by atoms with Gasteiger partial charge in [0.15, 0.2) is 0 Å². The molecule has 2 heterocycles. The standard InChI is InChI=1S/C17H27NO4/c1-3-21-16-10-15(19)17(16)6-8-18(9-7-17)11-13-4-5-14(22-13)12-20-2/h4-5,15-16,19H,3,6-12H2,1-2H3. The van der Waals surface area contributed by atoms with Crippen LogP contribution in [0, 0.1) is 5.41 Å². The number of methoxy groups -OCH3 is 1. The maximum absolute atomic E-state index is 10.2. The van der Waals surface area contributed by atoms with E-state index >= 15 is 0 Å². The molecule has 2 aliphatic rings. The largest absolute Gasteiger partial charge is 0.462 e. The van der Waals surface area contributed by atoms with Crippen LogP contribution in [0.5, 0.6) is 0 Å². The van der Waals surface area contributed by atoms with Crippen LogP contribution in [-0.4, -0.2) is 49.0 Å². The van der Waals surface area contributed by atoms with Gasteiger partial charge >= 0.3 is 0 Å². The van der Waals surface area contributed by atoms with Crippen molar-refractivity contribution >= 4 is 0 Å². The molecule has 1 N–H and O–H groups in total. The minimum absolute atomic E-state index is 0.00309. The highest BCUT2D eigenvalue weighted by Crippen LogP contribution is 2.51. The Balaban J connectivity index is 1.53. The van der Waals surface area contributed by atoms with Crippen LogP contribution in [0.3, 0.4) is 0 Å². The van der Waals surface area contributed by atoms with Gasteiger partial charge in [-0.15, -0.1) is 0 Å². The number of rotatable bonds is 6. The molecule has 0 bridgehead atoms. The summed E-state index contributed by atoms with van der Waals surface area (Å²) in [4.78, 5) is 2.40. The fourth-order valence-corrected chi connectivity index (χ4v) is 3.89. The molecule has 0 aromatic carbocycles. The highest BCUT2D eigenvalue weighted by Gasteiger charge is 2.55. The van der Waals surface area contributed by atoms with E-state index in [9.17, 15) is 5.11 Å². The van der Waals surface area contributed by atoms with Crippen LogP contribution < -0.4 is 0 Å². The first-order valence-corrected chi connectivity index (χ1v) is 8.26. The van der Waals surface area contributed by atoms with E-state index in [0.29, 0.717) is 6.61 Å². The Hall–Kier alpha value is -0.880. The van der Waals surface area contributed by atoms with Gasteiger partial charge in [0, 0.05) is 25.6 Å². The van der Waals surface area contributed by atoms with E-state index in [-0.39, 0.29) is 17.6 Å². The fourth-order valence-electron chi connectivity index (χ4n) is 3.89. The predicted molar refractivity (Wildman–Crippen MR) is 82.4 cm³/mol. The lowest BCUT2D eigenvalue weighted by Gasteiger charge is -2.56. The smallest absolute Gasteiger partial charge is 0.129 e. The third-order valence-electron chi connectivity index (χ3n) is 5.28. The molecule has 2 atom stereocenters. The molecule has 2 fully saturated rings. The van der Waals surface area contributed by atoms with E-state index < -0.39 is 0 Å². The SMILES string of the molecule is CCOC1CC(O)C12CCN(Cc1ccc(COC)o1)CC2. The van der Waals surface area contributed by atoms with Gasteiger partial charge in [0.2, 0.25) is 0 Å². The molecule has 0 amide bonds. The second kappa shape index (κ2) is 6.71. The topological polar surface area (TPSA) is 55.1 Å². The molecule has 22 heavy (non-hydrogen) atoms. The van der Waals surface area contributed by atoms with Gasteiger partial charge in [0.1, 0.15) is 18.1 Å². The van der Waals surface area contributed by atoms with E-state index in [1.165, 1.54) is 0 Å². The van der Waals surface area contributed by atoms with Crippen LogP contribution in [0.2, 0.25) is 0 Å². The molecular weight excluding hydrogens is 282 g/mol. The van der Waals surface area contributed by atoms with Gasteiger partial charge in [0.05, 0.1) is 18.8 Å². The molecule has 2 unspecified atom stereocenters. The number of furan rings is 1. The predicted octanol–water partition coefficient (Wildman–Crippen LogP) is 2.18. The molecule has 5 heteroatoms. The Bertz CT molecular complexity index is 477. The monoisotopic (exact) mass is 309 g/mol. The summed E-state index contributed by atoms with van der Waals surface area (Å²) in [6.45, 7) is 6.09. The third-order valence-corrected chi connectivity index (χ3v) is 5.28. The molecule has 1 aliphatic heterocycles. The maximum Gasteiger partial charge on any atom is 0.129 e. The van der Waals surface area contributed by atoms with Crippen LogP contribution in [0.1, 0.15) is 37.7 Å². The number of aliphatic hydroxyl groups excluding tert-OH is 1. The van der Waals surface area contributed by atoms with Crippen molar-refractivity contribution in [2.24, 2.45) is 5.41 Å². The number of nitrogens with zero attached hydrogens (tertiary/aromatic N) is 1. The van der Waals surface area contributed by atoms with Crippen molar-refractivity contribution < 1.29 is 19.0 Å². The van der Waals surface area contributed by atoms with Gasteiger partial charge < -0.3 is 19.0 Å². The molecule has 3 rings (SSSR count). The average molecular weight is 309 g/mol. The Morgan fingerprint density at radius 2 is 2.05 bits per heavy atom. The number of hydrogen-bond donors (Lipinski definition) is 1. The molecule has 5 nitrogen and oxygen atoms in total. The van der Waals surface area contributed by atoms with Crippen molar-refractivity contribution in [2.75, 3.05) is 26.8 Å². The molecule has 1 spiro atoms. The summed E-state index contributed by atoms with van der Waals surface area (Å²) in [5.74, 6) is 1.86. The van der Waals surface area contributed by atoms with E-state index in [1.807, 2.05) is 19.1 Å². The van der Waals surface area contributed by atoms with E-state index in [2.05, 4.69) is 4.90 Å². The molecule has 1 aromatic heterocycles. The zero-order chi connectivity index (χ0) is 15.6. The van der Waals surface area contributed by atoms with Gasteiger partial charge in [-0.2, -0.15) is 0 Å². The number of likely N-dealkylation sites (tertiary alicyclic amines) is 1. The quantitative estimate of drug-likeness (QED) is 0.873. The van der Waals surface area contributed by atoms with Crippen LogP contribution >= 0.6 is 0 Å². The summed E-state index contributed by atoms with van der Waals surface area (Å²) in [6, 6.07) is 4.00. The Labute approximate surface area is 132 Å². The summed E-state index contributed by atoms with van der Waals surface area (Å²) < 4.78 is 16.7. The molecule has 124 valence electrons. The molecule has 0 radical (unpaired) electrons. The highest BCUT2D eigenvalue weighted by atomic mass is 16.5. The lowest BCUT2D eigenvalue weighted by atomic mass is 9.58. The number of piperidine rings is 1. The van der Waals surface area contributed by atoms with Gasteiger partial charge in [-0.25, -0.2) is 0 Å². The van der Waals surface area contributed by atoms with Crippen molar-refractivity contribution in [3.8, 4) is 0 Å². The first kappa shape index (κ1) is 16.0. The van der Waals surface area contributed by atoms with Crippen molar-refractivity contribution in [2.45, 2.75) is 51.5 Å². The molecule has 1 aromatic rings. The third kappa shape index (κ3) is 2.95. The zero-order valence-corrected chi connectivity index (χ0v) is 13.6. The average Bonchev–Trinajstić information content (AvgIpc) is 2.95. The fraction of sp³-hybridized carbons (Fsp3) is 0.765. The summed E-state index contributed by atoms with van der Waals surface area (Å²) in [5.41, 5.74) is -0.00309. The molecular formula is C17H27NO4. The Morgan fingerprint density at radius 3 is 2.68 bits per heavy atom. The van der Waals surface area contributed by atoms with Crippen molar-refractivity contribution in [3.63, 3.8) is 0 Å². The minimum atomic E-state index is -0.192. The first-order chi connectivity index (χ1) is 10.7. The molecule has 1 saturated heterocycles. The Morgan fingerprint density at radius 1 is 1.32 bits per heavy atom. The van der Waals surface area contributed by atoms with Crippen LogP contribution in [0.25, 0.3) is 0 Å². The van der Waals surface area contributed by atoms with Crippen LogP contribution in [0.4, 0.5) is 0 Å². The first-order valence-electron chi connectivity index (χ1n) is 8.26. The van der Waals surface area contributed by atoms with Gasteiger partial charge in [-0.05, 0) is 45.0 Å². The summed E-state index contributed by atoms with van der Waals surface area (Å²) in [5, 5.41) is 10.2. The second-order valence-corrected chi connectivity index (χ2v) is 6.51. The zero-order valence-electron chi connectivity index (χ0n) is 13.6. The Kier molecular flexibility index (Phi) is 4.88. The normalized spacial score (nSPS) is 28.0. The van der Waals surface area contributed by atoms with E-state index in [4.69, 9.17) is 13.9 Å². The van der Waals surface area contributed by atoms with Gasteiger partial charge in [-0.1, -0.05) is 0 Å². The van der Waals surface area contributed by atoms with E-state index in [0.717, 1.165) is 57.0 Å². The number of hydrogen-bond acceptors (Lipinski definition) is 5. The number of ether oxygens (including phenoxy) is 2. The van der Waals surface area contributed by atoms with Crippen molar-refractivity contribution in [3.05, 3.63) is 23.7 Å². The van der Waals surface area contributed by atoms with Gasteiger partial charge in [-0.3, -0.25) is 4.90 Å². The van der Waals surface area contributed by atoms with E-state index in [1.54, 1.807) is 7.11 Å². The number of aliphatic hydroxyl groups is 1. The van der Waals surface area contributed by atoms with Crippen LogP contribution in [0.15, 0.2) is 16.5 Å². The summed E-state index contributed by atoms with van der Waals surface area (Å²) in [7, 11) is 1.67. The van der Waals surface area contributed by atoms with Gasteiger partial charge in [0.25, 0.3) is 0 Å². The van der Waals surface area contributed by atoms with Crippen molar-refractivity contribution in [1.82, 2.24) is 4.90 Å². The maximum atomic E-state index is 10.2. The van der Waals surface area contributed by atoms with Crippen molar-refractivity contribution in [1.29, 1.82) is 0 Å². The molecule has 1 aliphatic carbocycles. The highest BCUT2D eigenvalue weighted by molar-refractivity contribution is 5.09. The lowest BCUT2D eigenvalue weighted by molar-refractivity contribution is -0.210. The second-order valence-electron chi connectivity index (χ2n) is 6.51.